The van der Waals surface area contributed by atoms with Gasteiger partial charge in [0.05, 0.1) is 17.6 Å². The molecule has 1 aromatic heterocycles. The van der Waals surface area contributed by atoms with Crippen molar-refractivity contribution in [2.45, 2.75) is 6.54 Å². The van der Waals surface area contributed by atoms with E-state index in [0.717, 1.165) is 11.0 Å². The van der Waals surface area contributed by atoms with Gasteiger partial charge in [-0.25, -0.2) is 9.37 Å². The molecule has 0 aliphatic carbocycles. The van der Waals surface area contributed by atoms with Crippen molar-refractivity contribution in [3.05, 3.63) is 64.2 Å². The third-order valence-corrected chi connectivity index (χ3v) is 3.48. The zero-order valence-corrected chi connectivity index (χ0v) is 11.3. The van der Waals surface area contributed by atoms with Crippen LogP contribution < -0.4 is 0 Å². The maximum Gasteiger partial charge on any atom is 0.204 e. The molecule has 0 N–H and O–H groups in total. The highest BCUT2D eigenvalue weighted by molar-refractivity contribution is 6.30. The summed E-state index contributed by atoms with van der Waals surface area (Å²) >= 11 is 11.8. The zero-order chi connectivity index (χ0) is 13.4. The molecule has 2 nitrogen and oxygen atoms in total. The van der Waals surface area contributed by atoms with Gasteiger partial charge in [0.15, 0.2) is 0 Å². The molecule has 0 saturated heterocycles. The number of hydrogen-bond acceptors (Lipinski definition) is 1. The molecule has 3 rings (SSSR count). The Bertz CT molecular complexity index is 752. The Balaban J connectivity index is 2.08. The van der Waals surface area contributed by atoms with Crippen molar-refractivity contribution in [3.63, 3.8) is 0 Å². The Morgan fingerprint density at radius 2 is 1.89 bits per heavy atom. The summed E-state index contributed by atoms with van der Waals surface area (Å²) in [6.07, 6.45) is 0. The molecule has 0 unspecified atom stereocenters. The lowest BCUT2D eigenvalue weighted by Crippen LogP contribution is -2.02. The predicted molar refractivity (Wildman–Crippen MR) is 75.3 cm³/mol. The van der Waals surface area contributed by atoms with Crippen LogP contribution in [0.5, 0.6) is 0 Å². The molecule has 0 atom stereocenters. The summed E-state index contributed by atoms with van der Waals surface area (Å²) in [5.74, 6) is -0.346. The molecule has 0 amide bonds. The quantitative estimate of drug-likeness (QED) is 0.679. The molecule has 0 fully saturated rings. The second-order valence-corrected chi connectivity index (χ2v) is 4.97. The van der Waals surface area contributed by atoms with Crippen molar-refractivity contribution in [1.29, 1.82) is 0 Å². The van der Waals surface area contributed by atoms with E-state index in [2.05, 4.69) is 4.98 Å². The lowest BCUT2D eigenvalue weighted by Gasteiger charge is -2.07. The molecule has 1 heterocycles. The summed E-state index contributed by atoms with van der Waals surface area (Å²) in [4.78, 5) is 4.24. The van der Waals surface area contributed by atoms with Crippen LogP contribution in [-0.4, -0.2) is 9.55 Å². The SMILES string of the molecule is Fc1cc(Cl)ccc1Cn1c(Cl)nc2ccccc21. The molecule has 19 heavy (non-hydrogen) atoms. The van der Waals surface area contributed by atoms with Crippen LogP contribution in [-0.2, 0) is 6.54 Å². The molecule has 0 aliphatic rings. The summed E-state index contributed by atoms with van der Waals surface area (Å²) < 4.78 is 15.6. The van der Waals surface area contributed by atoms with E-state index in [1.165, 1.54) is 6.07 Å². The topological polar surface area (TPSA) is 17.8 Å². The van der Waals surface area contributed by atoms with Crippen LogP contribution >= 0.6 is 23.2 Å². The second kappa shape index (κ2) is 4.83. The van der Waals surface area contributed by atoms with Crippen LogP contribution in [0, 0.1) is 5.82 Å². The Labute approximate surface area is 119 Å². The van der Waals surface area contributed by atoms with Gasteiger partial charge in [-0.1, -0.05) is 29.8 Å². The van der Waals surface area contributed by atoms with E-state index in [1.54, 1.807) is 16.7 Å². The lowest BCUT2D eigenvalue weighted by atomic mass is 10.2. The third-order valence-electron chi connectivity index (χ3n) is 2.95. The standard InChI is InChI=1S/C14H9Cl2FN2/c15-10-6-5-9(11(17)7-10)8-19-13-4-2-1-3-12(13)18-14(19)16/h1-7H,8H2. The minimum absolute atomic E-state index is 0.322. The van der Waals surface area contributed by atoms with Crippen LogP contribution in [0.25, 0.3) is 11.0 Å². The molecular formula is C14H9Cl2FN2. The van der Waals surface area contributed by atoms with Gasteiger partial charge < -0.3 is 4.57 Å². The summed E-state index contributed by atoms with van der Waals surface area (Å²) in [5.41, 5.74) is 2.19. The Hall–Kier alpha value is -1.58. The fourth-order valence-corrected chi connectivity index (χ4v) is 2.42. The number of nitrogens with zero attached hydrogens (tertiary/aromatic N) is 2. The van der Waals surface area contributed by atoms with Gasteiger partial charge in [0.2, 0.25) is 5.28 Å². The number of para-hydroxylation sites is 2. The van der Waals surface area contributed by atoms with Crippen molar-refractivity contribution in [3.8, 4) is 0 Å². The van der Waals surface area contributed by atoms with Gasteiger partial charge in [-0.05, 0) is 35.9 Å². The van der Waals surface area contributed by atoms with E-state index in [4.69, 9.17) is 23.2 Å². The minimum Gasteiger partial charge on any atom is -0.310 e. The van der Waals surface area contributed by atoms with E-state index in [-0.39, 0.29) is 5.82 Å². The van der Waals surface area contributed by atoms with Crippen LogP contribution in [0.1, 0.15) is 5.56 Å². The van der Waals surface area contributed by atoms with E-state index in [1.807, 2.05) is 24.3 Å². The average Bonchev–Trinajstić information content (AvgIpc) is 2.69. The van der Waals surface area contributed by atoms with Gasteiger partial charge in [0.1, 0.15) is 5.82 Å². The largest absolute Gasteiger partial charge is 0.310 e. The van der Waals surface area contributed by atoms with Crippen molar-refractivity contribution in [2.24, 2.45) is 0 Å². The maximum absolute atomic E-state index is 13.8. The normalized spacial score (nSPS) is 11.1. The molecule has 2 aromatic carbocycles. The van der Waals surface area contributed by atoms with E-state index in [9.17, 15) is 4.39 Å². The predicted octanol–water partition coefficient (Wildman–Crippen LogP) is 4.53. The van der Waals surface area contributed by atoms with Crippen molar-refractivity contribution >= 4 is 34.2 Å². The first-order valence-corrected chi connectivity index (χ1v) is 6.45. The molecule has 5 heteroatoms. The first kappa shape index (κ1) is 12.5. The molecule has 0 bridgehead atoms. The number of fused-ring (bicyclic) bond motifs is 1. The highest BCUT2D eigenvalue weighted by atomic mass is 35.5. The smallest absolute Gasteiger partial charge is 0.204 e. The minimum atomic E-state index is -0.346. The van der Waals surface area contributed by atoms with Crippen molar-refractivity contribution in [2.75, 3.05) is 0 Å². The van der Waals surface area contributed by atoms with Crippen LogP contribution in [0.4, 0.5) is 4.39 Å². The van der Waals surface area contributed by atoms with E-state index in [0.29, 0.717) is 22.4 Å². The van der Waals surface area contributed by atoms with Gasteiger partial charge >= 0.3 is 0 Å². The number of imidazole rings is 1. The zero-order valence-electron chi connectivity index (χ0n) is 9.78. The molecule has 96 valence electrons. The third kappa shape index (κ3) is 2.31. The van der Waals surface area contributed by atoms with E-state index >= 15 is 0 Å². The molecule has 0 aliphatic heterocycles. The van der Waals surface area contributed by atoms with Gasteiger partial charge in [-0.15, -0.1) is 0 Å². The average molecular weight is 295 g/mol. The Kier molecular flexibility index (Phi) is 3.17. The van der Waals surface area contributed by atoms with Crippen LogP contribution in [0.2, 0.25) is 10.3 Å². The first-order valence-electron chi connectivity index (χ1n) is 5.70. The van der Waals surface area contributed by atoms with Crippen molar-refractivity contribution < 1.29 is 4.39 Å². The van der Waals surface area contributed by atoms with Crippen molar-refractivity contribution in [1.82, 2.24) is 9.55 Å². The molecule has 0 saturated carbocycles. The summed E-state index contributed by atoms with van der Waals surface area (Å²) in [6.45, 7) is 0.322. The second-order valence-electron chi connectivity index (χ2n) is 4.19. The van der Waals surface area contributed by atoms with Gasteiger partial charge in [0, 0.05) is 10.6 Å². The molecule has 0 radical (unpaired) electrons. The van der Waals surface area contributed by atoms with Crippen LogP contribution in [0.15, 0.2) is 42.5 Å². The first-order chi connectivity index (χ1) is 9.15. The Morgan fingerprint density at radius 3 is 2.68 bits per heavy atom. The van der Waals surface area contributed by atoms with Gasteiger partial charge in [0.25, 0.3) is 0 Å². The number of benzene rings is 2. The van der Waals surface area contributed by atoms with E-state index < -0.39 is 0 Å². The highest BCUT2D eigenvalue weighted by Gasteiger charge is 2.11. The maximum atomic E-state index is 13.8. The number of aromatic nitrogens is 2. The monoisotopic (exact) mass is 294 g/mol. The number of halogens is 3. The number of hydrogen-bond donors (Lipinski definition) is 0. The fraction of sp³-hybridized carbons (Fsp3) is 0.0714. The molecule has 3 aromatic rings. The Morgan fingerprint density at radius 1 is 1.11 bits per heavy atom. The molecule has 0 spiro atoms. The summed E-state index contributed by atoms with van der Waals surface area (Å²) in [5, 5.41) is 0.721. The number of rotatable bonds is 2. The lowest BCUT2D eigenvalue weighted by molar-refractivity contribution is 0.602. The summed E-state index contributed by atoms with van der Waals surface area (Å²) in [6, 6.07) is 12.2. The van der Waals surface area contributed by atoms with Gasteiger partial charge in [-0.2, -0.15) is 0 Å². The fourth-order valence-electron chi connectivity index (χ4n) is 2.02. The highest BCUT2D eigenvalue weighted by Crippen LogP contribution is 2.23. The van der Waals surface area contributed by atoms with Crippen LogP contribution in [0.3, 0.4) is 0 Å². The summed E-state index contributed by atoms with van der Waals surface area (Å²) in [7, 11) is 0. The molecular weight excluding hydrogens is 286 g/mol. The van der Waals surface area contributed by atoms with Gasteiger partial charge in [-0.3, -0.25) is 0 Å².